The Kier molecular flexibility index (Phi) is 6.91. The third-order valence-corrected chi connectivity index (χ3v) is 5.11. The molecule has 0 aliphatic heterocycles. The van der Waals surface area contributed by atoms with Crippen molar-refractivity contribution in [2.24, 2.45) is 0 Å². The van der Waals surface area contributed by atoms with Crippen LogP contribution in [0.2, 0.25) is 0 Å². The molecule has 0 spiro atoms. The molecule has 2 nitrogen and oxygen atoms in total. The number of amides is 1. The van der Waals surface area contributed by atoms with Gasteiger partial charge in [0, 0.05) is 18.8 Å². The highest BCUT2D eigenvalue weighted by atomic mass is 32.2. The molecular weight excluding hydrogens is 338 g/mol. The SMILES string of the molecule is O=C(CSCc1ccccc1)N(Cc1ccccc1)Cc1ccccc1. The molecule has 132 valence electrons. The number of hydrogen-bond acceptors (Lipinski definition) is 2. The standard InChI is InChI=1S/C23H23NOS/c25-23(19-26-18-22-14-8-3-9-15-22)24(16-20-10-4-1-5-11-20)17-21-12-6-2-7-13-21/h1-15H,16-19H2. The summed E-state index contributed by atoms with van der Waals surface area (Å²) in [5.74, 6) is 1.53. The molecule has 0 saturated carbocycles. The van der Waals surface area contributed by atoms with Crippen molar-refractivity contribution >= 4 is 17.7 Å². The minimum absolute atomic E-state index is 0.179. The number of carbonyl (C=O) groups is 1. The smallest absolute Gasteiger partial charge is 0.233 e. The van der Waals surface area contributed by atoms with Crippen molar-refractivity contribution in [1.29, 1.82) is 0 Å². The Morgan fingerprint density at radius 2 is 1.08 bits per heavy atom. The van der Waals surface area contributed by atoms with E-state index in [2.05, 4.69) is 36.4 Å². The first kappa shape index (κ1) is 18.3. The number of hydrogen-bond donors (Lipinski definition) is 0. The Bertz CT molecular complexity index is 749. The molecule has 3 heteroatoms. The van der Waals surface area contributed by atoms with E-state index in [1.807, 2.05) is 59.5 Å². The van der Waals surface area contributed by atoms with Crippen LogP contribution in [0.15, 0.2) is 91.0 Å². The van der Waals surface area contributed by atoms with Gasteiger partial charge in [-0.15, -0.1) is 11.8 Å². The summed E-state index contributed by atoms with van der Waals surface area (Å²) in [5, 5.41) is 0. The largest absolute Gasteiger partial charge is 0.333 e. The monoisotopic (exact) mass is 361 g/mol. The average Bonchev–Trinajstić information content (AvgIpc) is 2.70. The number of rotatable bonds is 8. The molecule has 0 bridgehead atoms. The lowest BCUT2D eigenvalue weighted by molar-refractivity contribution is -0.129. The molecule has 0 radical (unpaired) electrons. The number of benzene rings is 3. The van der Waals surface area contributed by atoms with Crippen LogP contribution < -0.4 is 0 Å². The maximum absolute atomic E-state index is 12.8. The van der Waals surface area contributed by atoms with Crippen molar-refractivity contribution in [1.82, 2.24) is 4.90 Å². The second-order valence-electron chi connectivity index (χ2n) is 6.20. The van der Waals surface area contributed by atoms with Gasteiger partial charge in [0.05, 0.1) is 5.75 Å². The molecule has 3 aromatic carbocycles. The van der Waals surface area contributed by atoms with Crippen LogP contribution in [0.4, 0.5) is 0 Å². The van der Waals surface area contributed by atoms with Crippen LogP contribution in [-0.2, 0) is 23.6 Å². The van der Waals surface area contributed by atoms with Gasteiger partial charge < -0.3 is 4.90 Å². The Labute approximate surface area is 159 Å². The third-order valence-electron chi connectivity index (χ3n) is 4.12. The predicted octanol–water partition coefficient (Wildman–Crippen LogP) is 5.15. The van der Waals surface area contributed by atoms with Crippen molar-refractivity contribution in [3.05, 3.63) is 108 Å². The fraction of sp³-hybridized carbons (Fsp3) is 0.174. The van der Waals surface area contributed by atoms with E-state index in [4.69, 9.17) is 0 Å². The molecule has 0 heterocycles. The van der Waals surface area contributed by atoms with Gasteiger partial charge in [-0.1, -0.05) is 91.0 Å². The maximum Gasteiger partial charge on any atom is 0.233 e. The zero-order valence-corrected chi connectivity index (χ0v) is 15.6. The molecule has 0 aliphatic rings. The van der Waals surface area contributed by atoms with Gasteiger partial charge in [-0.2, -0.15) is 0 Å². The maximum atomic E-state index is 12.8. The minimum Gasteiger partial charge on any atom is -0.333 e. The van der Waals surface area contributed by atoms with E-state index in [-0.39, 0.29) is 5.91 Å². The molecule has 0 atom stereocenters. The zero-order chi connectivity index (χ0) is 18.0. The molecule has 3 rings (SSSR count). The normalized spacial score (nSPS) is 10.5. The van der Waals surface area contributed by atoms with Gasteiger partial charge in [-0.05, 0) is 16.7 Å². The molecule has 0 aliphatic carbocycles. The van der Waals surface area contributed by atoms with Crippen LogP contribution in [0.1, 0.15) is 16.7 Å². The summed E-state index contributed by atoms with van der Waals surface area (Å²) in [5.41, 5.74) is 3.57. The number of nitrogens with zero attached hydrogens (tertiary/aromatic N) is 1. The molecule has 0 saturated heterocycles. The van der Waals surface area contributed by atoms with Gasteiger partial charge >= 0.3 is 0 Å². The van der Waals surface area contributed by atoms with Crippen molar-refractivity contribution in [2.75, 3.05) is 5.75 Å². The Hall–Kier alpha value is -2.52. The Balaban J connectivity index is 1.62. The Morgan fingerprint density at radius 3 is 1.54 bits per heavy atom. The van der Waals surface area contributed by atoms with Crippen molar-refractivity contribution < 1.29 is 4.79 Å². The zero-order valence-electron chi connectivity index (χ0n) is 14.8. The van der Waals surface area contributed by atoms with Crippen LogP contribution in [0.25, 0.3) is 0 Å². The van der Waals surface area contributed by atoms with E-state index in [1.54, 1.807) is 11.8 Å². The van der Waals surface area contributed by atoms with E-state index in [9.17, 15) is 4.79 Å². The number of carbonyl (C=O) groups excluding carboxylic acids is 1. The highest BCUT2D eigenvalue weighted by molar-refractivity contribution is 7.99. The van der Waals surface area contributed by atoms with Gasteiger partial charge in [0.2, 0.25) is 5.91 Å². The van der Waals surface area contributed by atoms with Crippen LogP contribution in [-0.4, -0.2) is 16.6 Å². The quantitative estimate of drug-likeness (QED) is 0.553. The summed E-state index contributed by atoms with van der Waals surface area (Å²) in [4.78, 5) is 14.8. The van der Waals surface area contributed by atoms with E-state index < -0.39 is 0 Å². The van der Waals surface area contributed by atoms with E-state index in [0.29, 0.717) is 18.8 Å². The molecule has 0 unspecified atom stereocenters. The van der Waals surface area contributed by atoms with Gasteiger partial charge in [0.25, 0.3) is 0 Å². The molecule has 1 amide bonds. The van der Waals surface area contributed by atoms with Gasteiger partial charge in [0.15, 0.2) is 0 Å². The van der Waals surface area contributed by atoms with Crippen LogP contribution in [0, 0.1) is 0 Å². The van der Waals surface area contributed by atoms with E-state index in [0.717, 1.165) is 16.9 Å². The first-order valence-electron chi connectivity index (χ1n) is 8.78. The Morgan fingerprint density at radius 1 is 0.654 bits per heavy atom. The van der Waals surface area contributed by atoms with Crippen molar-refractivity contribution in [3.63, 3.8) is 0 Å². The van der Waals surface area contributed by atoms with Crippen LogP contribution in [0.5, 0.6) is 0 Å². The summed E-state index contributed by atoms with van der Waals surface area (Å²) in [6.45, 7) is 1.28. The summed E-state index contributed by atoms with van der Waals surface area (Å²) in [6.07, 6.45) is 0. The molecular formula is C23H23NOS. The van der Waals surface area contributed by atoms with E-state index in [1.165, 1.54) is 5.56 Å². The molecule has 3 aromatic rings. The fourth-order valence-corrected chi connectivity index (χ4v) is 3.65. The summed E-state index contributed by atoms with van der Waals surface area (Å²) < 4.78 is 0. The highest BCUT2D eigenvalue weighted by Gasteiger charge is 2.14. The molecule has 0 aromatic heterocycles. The number of thioether (sulfide) groups is 1. The topological polar surface area (TPSA) is 20.3 Å². The third kappa shape index (κ3) is 5.78. The first-order chi connectivity index (χ1) is 12.8. The summed E-state index contributed by atoms with van der Waals surface area (Å²) in [7, 11) is 0. The molecule has 0 N–H and O–H groups in total. The average molecular weight is 362 g/mol. The summed E-state index contributed by atoms with van der Waals surface area (Å²) >= 11 is 1.67. The lowest BCUT2D eigenvalue weighted by atomic mass is 10.1. The highest BCUT2D eigenvalue weighted by Crippen LogP contribution is 2.16. The molecule has 26 heavy (non-hydrogen) atoms. The van der Waals surface area contributed by atoms with E-state index >= 15 is 0 Å². The minimum atomic E-state index is 0.179. The predicted molar refractivity (Wildman–Crippen MR) is 110 cm³/mol. The van der Waals surface area contributed by atoms with Gasteiger partial charge in [-0.25, -0.2) is 0 Å². The van der Waals surface area contributed by atoms with Crippen LogP contribution in [0.3, 0.4) is 0 Å². The van der Waals surface area contributed by atoms with Crippen molar-refractivity contribution in [3.8, 4) is 0 Å². The lowest BCUT2D eigenvalue weighted by Gasteiger charge is -2.23. The molecule has 0 fully saturated rings. The second kappa shape index (κ2) is 9.83. The first-order valence-corrected chi connectivity index (χ1v) is 9.94. The lowest BCUT2D eigenvalue weighted by Crippen LogP contribution is -2.31. The van der Waals surface area contributed by atoms with Crippen LogP contribution >= 0.6 is 11.8 Å². The fourth-order valence-electron chi connectivity index (χ4n) is 2.76. The van der Waals surface area contributed by atoms with Gasteiger partial charge in [-0.3, -0.25) is 4.79 Å². The second-order valence-corrected chi connectivity index (χ2v) is 7.18. The van der Waals surface area contributed by atoms with Crippen molar-refractivity contribution in [2.45, 2.75) is 18.8 Å². The van der Waals surface area contributed by atoms with Gasteiger partial charge in [0.1, 0.15) is 0 Å². The summed E-state index contributed by atoms with van der Waals surface area (Å²) in [6, 6.07) is 30.7.